The average Bonchev–Trinajstić information content (AvgIpc) is 2.42. The van der Waals surface area contributed by atoms with Crippen LogP contribution < -0.4 is 4.74 Å². The van der Waals surface area contributed by atoms with Crippen LogP contribution in [0.25, 0.3) is 0 Å². The summed E-state index contributed by atoms with van der Waals surface area (Å²) in [7, 11) is 1.53. The Morgan fingerprint density at radius 1 is 1.53 bits per heavy atom. The van der Waals surface area contributed by atoms with Gasteiger partial charge in [0.2, 0.25) is 0 Å². The van der Waals surface area contributed by atoms with Crippen LogP contribution in [0, 0.1) is 11.3 Å². The fourth-order valence-corrected chi connectivity index (χ4v) is 1.80. The number of aliphatic carboxylic acids is 1. The normalized spacial score (nSPS) is 10.2. The molecule has 1 aromatic carbocycles. The zero-order valence-corrected chi connectivity index (χ0v) is 11.2. The molecule has 5 heteroatoms. The molecular weight excluding hydrogens is 244 g/mol. The SMILES string of the molecule is CCN(CCC(=O)O)Cc1ccc(OC)c(C#N)c1. The zero-order valence-electron chi connectivity index (χ0n) is 11.2. The van der Waals surface area contributed by atoms with Crippen LogP contribution in [-0.2, 0) is 11.3 Å². The summed E-state index contributed by atoms with van der Waals surface area (Å²) < 4.78 is 5.09. The summed E-state index contributed by atoms with van der Waals surface area (Å²) in [6.45, 7) is 3.87. The van der Waals surface area contributed by atoms with Crippen molar-refractivity contribution in [3.63, 3.8) is 0 Å². The van der Waals surface area contributed by atoms with Crippen molar-refractivity contribution in [1.29, 1.82) is 5.26 Å². The number of hydrogen-bond donors (Lipinski definition) is 1. The van der Waals surface area contributed by atoms with E-state index >= 15 is 0 Å². The quantitative estimate of drug-likeness (QED) is 0.812. The van der Waals surface area contributed by atoms with Crippen molar-refractivity contribution < 1.29 is 14.6 Å². The fraction of sp³-hybridized carbons (Fsp3) is 0.429. The van der Waals surface area contributed by atoms with Gasteiger partial charge in [-0.25, -0.2) is 0 Å². The molecule has 0 aromatic heterocycles. The highest BCUT2D eigenvalue weighted by Crippen LogP contribution is 2.19. The van der Waals surface area contributed by atoms with Gasteiger partial charge in [-0.2, -0.15) is 5.26 Å². The van der Waals surface area contributed by atoms with E-state index in [9.17, 15) is 4.79 Å². The Labute approximate surface area is 113 Å². The second kappa shape index (κ2) is 7.39. The lowest BCUT2D eigenvalue weighted by Crippen LogP contribution is -2.25. The molecule has 0 bridgehead atoms. The maximum absolute atomic E-state index is 10.6. The van der Waals surface area contributed by atoms with Gasteiger partial charge in [-0.1, -0.05) is 13.0 Å². The highest BCUT2D eigenvalue weighted by atomic mass is 16.5. The van der Waals surface area contributed by atoms with Gasteiger partial charge in [-0.05, 0) is 24.2 Å². The summed E-state index contributed by atoms with van der Waals surface area (Å²) in [4.78, 5) is 12.6. The summed E-state index contributed by atoms with van der Waals surface area (Å²) in [5.74, 6) is -0.245. The molecule has 0 aliphatic heterocycles. The van der Waals surface area contributed by atoms with Crippen molar-refractivity contribution in [2.75, 3.05) is 20.2 Å². The summed E-state index contributed by atoms with van der Waals surface area (Å²) in [6.07, 6.45) is 0.120. The predicted octanol–water partition coefficient (Wildman–Crippen LogP) is 1.86. The monoisotopic (exact) mass is 262 g/mol. The van der Waals surface area contributed by atoms with Crippen LogP contribution in [-0.4, -0.2) is 36.2 Å². The fourth-order valence-electron chi connectivity index (χ4n) is 1.80. The second-order valence-electron chi connectivity index (χ2n) is 4.16. The first-order chi connectivity index (χ1) is 9.10. The Bertz CT molecular complexity index is 480. The van der Waals surface area contributed by atoms with Crippen LogP contribution in [0.5, 0.6) is 5.75 Å². The smallest absolute Gasteiger partial charge is 0.304 e. The number of carbonyl (C=O) groups is 1. The first kappa shape index (κ1) is 15.0. The number of ether oxygens (including phenoxy) is 1. The molecule has 1 N–H and O–H groups in total. The van der Waals surface area contributed by atoms with E-state index in [0.29, 0.717) is 24.4 Å². The van der Waals surface area contributed by atoms with E-state index in [4.69, 9.17) is 15.1 Å². The third-order valence-corrected chi connectivity index (χ3v) is 2.88. The molecule has 1 aromatic rings. The van der Waals surface area contributed by atoms with E-state index in [2.05, 4.69) is 6.07 Å². The minimum absolute atomic E-state index is 0.120. The lowest BCUT2D eigenvalue weighted by Gasteiger charge is -2.19. The summed E-state index contributed by atoms with van der Waals surface area (Å²) >= 11 is 0. The largest absolute Gasteiger partial charge is 0.495 e. The number of carboxylic acids is 1. The number of rotatable bonds is 7. The van der Waals surface area contributed by atoms with Crippen molar-refractivity contribution in [2.24, 2.45) is 0 Å². The van der Waals surface area contributed by atoms with Crippen LogP contribution in [0.2, 0.25) is 0 Å². The summed E-state index contributed by atoms with van der Waals surface area (Å²) in [6, 6.07) is 7.53. The molecule has 0 radical (unpaired) electrons. The third-order valence-electron chi connectivity index (χ3n) is 2.88. The van der Waals surface area contributed by atoms with Crippen LogP contribution in [0.15, 0.2) is 18.2 Å². The van der Waals surface area contributed by atoms with Crippen molar-refractivity contribution >= 4 is 5.97 Å². The van der Waals surface area contributed by atoms with Crippen molar-refractivity contribution in [3.8, 4) is 11.8 Å². The molecule has 102 valence electrons. The molecule has 0 amide bonds. The number of carboxylic acid groups (broad SMARTS) is 1. The Morgan fingerprint density at radius 2 is 2.26 bits per heavy atom. The summed E-state index contributed by atoms with van der Waals surface area (Å²) in [5, 5.41) is 17.7. The standard InChI is InChI=1S/C14H18N2O3/c1-3-16(7-6-14(17)18)10-11-4-5-13(19-2)12(8-11)9-15/h4-5,8H,3,6-7,10H2,1-2H3,(H,17,18). The van der Waals surface area contributed by atoms with E-state index in [1.807, 2.05) is 17.9 Å². The first-order valence-electron chi connectivity index (χ1n) is 6.11. The average molecular weight is 262 g/mol. The molecule has 0 heterocycles. The molecule has 0 spiro atoms. The molecule has 0 aliphatic rings. The molecule has 1 rings (SSSR count). The van der Waals surface area contributed by atoms with Crippen LogP contribution in [0.1, 0.15) is 24.5 Å². The second-order valence-corrected chi connectivity index (χ2v) is 4.16. The van der Waals surface area contributed by atoms with Crippen LogP contribution in [0.3, 0.4) is 0 Å². The van der Waals surface area contributed by atoms with Gasteiger partial charge in [0.1, 0.15) is 11.8 Å². The summed E-state index contributed by atoms with van der Waals surface area (Å²) in [5.41, 5.74) is 1.47. The van der Waals surface area contributed by atoms with E-state index in [1.165, 1.54) is 7.11 Å². The van der Waals surface area contributed by atoms with Gasteiger partial charge in [0.25, 0.3) is 0 Å². The maximum Gasteiger partial charge on any atom is 0.304 e. The molecule has 0 aliphatic carbocycles. The first-order valence-corrected chi connectivity index (χ1v) is 6.11. The topological polar surface area (TPSA) is 73.6 Å². The van der Waals surface area contributed by atoms with Gasteiger partial charge in [-0.15, -0.1) is 0 Å². The predicted molar refractivity (Wildman–Crippen MR) is 70.9 cm³/mol. The number of methoxy groups -OCH3 is 1. The van der Waals surface area contributed by atoms with Gasteiger partial charge < -0.3 is 9.84 Å². The molecule has 0 saturated heterocycles. The Kier molecular flexibility index (Phi) is 5.83. The molecule has 0 atom stereocenters. The van der Waals surface area contributed by atoms with Crippen molar-refractivity contribution in [3.05, 3.63) is 29.3 Å². The van der Waals surface area contributed by atoms with Gasteiger partial charge in [0, 0.05) is 13.1 Å². The van der Waals surface area contributed by atoms with Gasteiger partial charge >= 0.3 is 5.97 Å². The Balaban J connectivity index is 2.75. The van der Waals surface area contributed by atoms with Gasteiger partial charge in [0.05, 0.1) is 19.1 Å². The van der Waals surface area contributed by atoms with E-state index in [1.54, 1.807) is 12.1 Å². The zero-order chi connectivity index (χ0) is 14.3. The molecular formula is C14H18N2O3. The third kappa shape index (κ3) is 4.60. The molecule has 19 heavy (non-hydrogen) atoms. The van der Waals surface area contributed by atoms with Crippen LogP contribution in [0.4, 0.5) is 0 Å². The molecule has 5 nitrogen and oxygen atoms in total. The number of nitriles is 1. The van der Waals surface area contributed by atoms with Gasteiger partial charge in [-0.3, -0.25) is 9.69 Å². The number of benzene rings is 1. The van der Waals surface area contributed by atoms with Crippen molar-refractivity contribution in [1.82, 2.24) is 4.90 Å². The van der Waals surface area contributed by atoms with E-state index in [-0.39, 0.29) is 6.42 Å². The lowest BCUT2D eigenvalue weighted by atomic mass is 10.1. The highest BCUT2D eigenvalue weighted by Gasteiger charge is 2.09. The maximum atomic E-state index is 10.6. The number of hydrogen-bond acceptors (Lipinski definition) is 4. The minimum Gasteiger partial charge on any atom is -0.495 e. The number of nitrogens with zero attached hydrogens (tertiary/aromatic N) is 2. The van der Waals surface area contributed by atoms with Gasteiger partial charge in [0.15, 0.2) is 0 Å². The van der Waals surface area contributed by atoms with Crippen molar-refractivity contribution in [2.45, 2.75) is 19.9 Å². The Hall–Kier alpha value is -2.06. The van der Waals surface area contributed by atoms with Crippen LogP contribution >= 0.6 is 0 Å². The van der Waals surface area contributed by atoms with E-state index in [0.717, 1.165) is 12.1 Å². The molecule has 0 saturated carbocycles. The lowest BCUT2D eigenvalue weighted by molar-refractivity contribution is -0.137. The minimum atomic E-state index is -0.800. The molecule has 0 fully saturated rings. The Morgan fingerprint density at radius 3 is 2.79 bits per heavy atom. The molecule has 0 unspecified atom stereocenters. The van der Waals surface area contributed by atoms with E-state index < -0.39 is 5.97 Å². The highest BCUT2D eigenvalue weighted by molar-refractivity contribution is 5.66.